The van der Waals surface area contributed by atoms with Crippen molar-refractivity contribution < 1.29 is 89.3 Å². The predicted molar refractivity (Wildman–Crippen MR) is 252 cm³/mol. The summed E-state index contributed by atoms with van der Waals surface area (Å²) < 4.78 is 8.48. The topological polar surface area (TPSA) is 323 Å². The molecular weight excluding hydrogens is 865 g/mol. The summed E-state index contributed by atoms with van der Waals surface area (Å²) in [7, 11) is 0. The van der Waals surface area contributed by atoms with Crippen LogP contribution in [0.5, 0.6) is 0 Å². The third kappa shape index (κ3) is 67.2. The first-order valence-electron chi connectivity index (χ1n) is 24.4. The molecule has 0 aliphatic carbocycles. The van der Waals surface area contributed by atoms with E-state index in [1.807, 2.05) is 0 Å². The Kier molecular flexibility index (Phi) is 62.6. The third-order valence-corrected chi connectivity index (χ3v) is 9.68. The predicted octanol–water partition coefficient (Wildman–Crippen LogP) is 7.57. The standard InChI is InChI=1S/C18H36O2.C16H32O2.C8H10O8.2C3H8O3/c1-2-3-4-5-6-7-8-9-10-11-12-13-14-15-16-17-18(19)20;1-2-3-4-5-6-7-8-9-10-11-12-13-14-15-16(17)18;1-3(9)15-5(7(11)12)6(8(13)14)16-4(2)10;2*4-1-3(6)2-5/h2-17H2,1H3,(H,19,20);2-15H2,1H3,(H,17,18);5-6H,1-2H3,(H,11,12)(H,13,14);2*3-6H,1-2H2/t;;5-,6-;;/m..1../s1. The Bertz CT molecular complexity index is 1060. The number of hydrogen-bond donors (Lipinski definition) is 10. The average Bonchev–Trinajstić information content (AvgIpc) is 3.27. The maximum atomic E-state index is 10.6. The molecule has 0 amide bonds. The molecule has 18 nitrogen and oxygen atoms in total. The fraction of sp³-hybridized carbons (Fsp3) is 0.875. The first-order chi connectivity index (χ1) is 31.4. The van der Waals surface area contributed by atoms with Crippen LogP contribution in [0.1, 0.15) is 220 Å². The van der Waals surface area contributed by atoms with Crippen molar-refractivity contribution in [3.63, 3.8) is 0 Å². The van der Waals surface area contributed by atoms with E-state index in [0.29, 0.717) is 12.8 Å². The fourth-order valence-corrected chi connectivity index (χ4v) is 5.90. The fourth-order valence-electron chi connectivity index (χ4n) is 5.90. The van der Waals surface area contributed by atoms with E-state index in [1.165, 1.54) is 154 Å². The molecule has 10 N–H and O–H groups in total. The van der Waals surface area contributed by atoms with Crippen LogP contribution in [0.2, 0.25) is 0 Å². The second kappa shape index (κ2) is 57.7. The number of aliphatic carboxylic acids is 4. The van der Waals surface area contributed by atoms with Crippen LogP contribution in [-0.4, -0.2) is 138 Å². The van der Waals surface area contributed by atoms with E-state index in [-0.39, 0.29) is 26.4 Å². The monoisotopic (exact) mass is 959 g/mol. The van der Waals surface area contributed by atoms with Gasteiger partial charge in [0, 0.05) is 26.7 Å². The second-order valence-corrected chi connectivity index (χ2v) is 16.3. The van der Waals surface area contributed by atoms with Crippen molar-refractivity contribution in [2.45, 2.75) is 245 Å². The van der Waals surface area contributed by atoms with Crippen LogP contribution in [0, 0.1) is 0 Å². The Morgan fingerprint density at radius 3 is 0.652 bits per heavy atom. The summed E-state index contributed by atoms with van der Waals surface area (Å²) in [6.45, 7) is 4.88. The van der Waals surface area contributed by atoms with E-state index in [2.05, 4.69) is 23.3 Å². The normalized spacial score (nSPS) is 11.3. The Hall–Kier alpha value is -3.42. The molecule has 394 valence electrons. The van der Waals surface area contributed by atoms with E-state index in [1.54, 1.807) is 0 Å². The van der Waals surface area contributed by atoms with Crippen molar-refractivity contribution in [1.29, 1.82) is 0 Å². The quantitative estimate of drug-likeness (QED) is 0.0210. The molecule has 0 spiro atoms. The molecule has 2 atom stereocenters. The number of rotatable bonds is 39. The molecule has 0 saturated heterocycles. The molecule has 0 aromatic carbocycles. The van der Waals surface area contributed by atoms with Crippen LogP contribution in [0.15, 0.2) is 0 Å². The molecule has 66 heavy (non-hydrogen) atoms. The van der Waals surface area contributed by atoms with Gasteiger partial charge in [-0.2, -0.15) is 0 Å². The molecule has 0 heterocycles. The smallest absolute Gasteiger partial charge is 0.349 e. The molecule has 0 bridgehead atoms. The van der Waals surface area contributed by atoms with Crippen molar-refractivity contribution in [3.05, 3.63) is 0 Å². The van der Waals surface area contributed by atoms with E-state index in [9.17, 15) is 28.8 Å². The molecule has 0 saturated carbocycles. The first-order valence-corrected chi connectivity index (χ1v) is 24.4. The van der Waals surface area contributed by atoms with Gasteiger partial charge in [0.2, 0.25) is 12.2 Å². The molecule has 0 rings (SSSR count). The van der Waals surface area contributed by atoms with Crippen molar-refractivity contribution in [2.75, 3.05) is 26.4 Å². The summed E-state index contributed by atoms with van der Waals surface area (Å²) in [4.78, 5) is 63.0. The maximum absolute atomic E-state index is 10.6. The van der Waals surface area contributed by atoms with Gasteiger partial charge in [0.1, 0.15) is 12.2 Å². The van der Waals surface area contributed by atoms with Crippen molar-refractivity contribution in [3.8, 4) is 0 Å². The number of unbranched alkanes of at least 4 members (excludes halogenated alkanes) is 26. The lowest BCUT2D eigenvalue weighted by Crippen LogP contribution is -2.45. The zero-order chi connectivity index (χ0) is 51.2. The highest BCUT2D eigenvalue weighted by Crippen LogP contribution is 2.15. The molecule has 0 aromatic heterocycles. The van der Waals surface area contributed by atoms with E-state index < -0.39 is 60.2 Å². The molecule has 0 unspecified atom stereocenters. The number of aliphatic hydroxyl groups excluding tert-OH is 6. The molecule has 0 radical (unpaired) electrons. The highest BCUT2D eigenvalue weighted by molar-refractivity contribution is 5.87. The largest absolute Gasteiger partial charge is 0.481 e. The van der Waals surface area contributed by atoms with E-state index >= 15 is 0 Å². The minimum Gasteiger partial charge on any atom is -0.481 e. The summed E-state index contributed by atoms with van der Waals surface area (Å²) in [5, 5.41) is 82.3. The van der Waals surface area contributed by atoms with Gasteiger partial charge in [-0.05, 0) is 12.8 Å². The number of esters is 2. The molecule has 0 fully saturated rings. The number of carbonyl (C=O) groups excluding carboxylic acids is 2. The minimum atomic E-state index is -2.07. The van der Waals surface area contributed by atoms with Crippen LogP contribution in [-0.2, 0) is 38.2 Å². The Labute approximate surface area is 395 Å². The zero-order valence-corrected chi connectivity index (χ0v) is 41.1. The second-order valence-electron chi connectivity index (χ2n) is 16.3. The van der Waals surface area contributed by atoms with Crippen LogP contribution < -0.4 is 0 Å². The average molecular weight is 959 g/mol. The van der Waals surface area contributed by atoms with E-state index in [0.717, 1.165) is 39.5 Å². The molecule has 0 aliphatic heterocycles. The Balaban J connectivity index is -0.000000251. The van der Waals surface area contributed by atoms with Crippen molar-refractivity contribution >= 4 is 35.8 Å². The lowest BCUT2D eigenvalue weighted by atomic mass is 10.0. The lowest BCUT2D eigenvalue weighted by Gasteiger charge is -2.19. The summed E-state index contributed by atoms with van der Waals surface area (Å²) in [6, 6.07) is 0. The van der Waals surface area contributed by atoms with Gasteiger partial charge in [0.15, 0.2) is 0 Å². The molecule has 0 aromatic rings. The summed E-state index contributed by atoms with van der Waals surface area (Å²) in [5.74, 6) is -6.73. The van der Waals surface area contributed by atoms with Gasteiger partial charge in [-0.25, -0.2) is 9.59 Å². The summed E-state index contributed by atoms with van der Waals surface area (Å²) in [6.07, 6.45) is 31.4. The molecular formula is C48H94O18. The summed E-state index contributed by atoms with van der Waals surface area (Å²) in [5.41, 5.74) is 0. The number of aliphatic hydroxyl groups is 6. The number of ether oxygens (including phenoxy) is 2. The number of carbonyl (C=O) groups is 6. The van der Waals surface area contributed by atoms with Gasteiger partial charge in [-0.15, -0.1) is 0 Å². The van der Waals surface area contributed by atoms with Gasteiger partial charge in [0.05, 0.1) is 26.4 Å². The zero-order valence-electron chi connectivity index (χ0n) is 41.1. The third-order valence-electron chi connectivity index (χ3n) is 9.68. The lowest BCUT2D eigenvalue weighted by molar-refractivity contribution is -0.185. The van der Waals surface area contributed by atoms with Gasteiger partial charge < -0.3 is 60.5 Å². The number of carboxylic acid groups (broad SMARTS) is 4. The van der Waals surface area contributed by atoms with Crippen LogP contribution in [0.25, 0.3) is 0 Å². The molecule has 0 aliphatic rings. The number of hydrogen-bond acceptors (Lipinski definition) is 14. The maximum Gasteiger partial charge on any atom is 0.349 e. The van der Waals surface area contributed by atoms with E-state index in [4.69, 9.17) is 51.1 Å². The SMILES string of the molecule is CC(=O)O[C@@H](C(=O)O)[C@@H](OC(C)=O)C(=O)O.CCCCCCCCCCCCCCCC(=O)O.CCCCCCCCCCCCCCCCCC(=O)O.OCC(O)CO.OCC(O)CO. The van der Waals surface area contributed by atoms with Crippen LogP contribution in [0.4, 0.5) is 0 Å². The van der Waals surface area contributed by atoms with Crippen LogP contribution >= 0.6 is 0 Å². The first kappa shape index (κ1) is 71.6. The van der Waals surface area contributed by atoms with Gasteiger partial charge in [-0.3, -0.25) is 19.2 Å². The minimum absolute atomic E-state index is 0.345. The highest BCUT2D eigenvalue weighted by atomic mass is 16.6. The summed E-state index contributed by atoms with van der Waals surface area (Å²) >= 11 is 0. The Morgan fingerprint density at radius 2 is 0.530 bits per heavy atom. The Morgan fingerprint density at radius 1 is 0.348 bits per heavy atom. The van der Waals surface area contributed by atoms with Gasteiger partial charge in [0.25, 0.3) is 0 Å². The van der Waals surface area contributed by atoms with Gasteiger partial charge >= 0.3 is 35.8 Å². The highest BCUT2D eigenvalue weighted by Gasteiger charge is 2.39. The number of carboxylic acids is 4. The van der Waals surface area contributed by atoms with Crippen LogP contribution in [0.3, 0.4) is 0 Å². The molecule has 18 heteroatoms. The van der Waals surface area contributed by atoms with Crippen molar-refractivity contribution in [1.82, 2.24) is 0 Å². The van der Waals surface area contributed by atoms with Gasteiger partial charge in [-0.1, -0.05) is 181 Å². The van der Waals surface area contributed by atoms with Crippen molar-refractivity contribution in [2.24, 2.45) is 0 Å².